The molecule has 1 unspecified atom stereocenters. The molecular formula is C11H14N2O3. The van der Waals surface area contributed by atoms with Crippen molar-refractivity contribution in [2.24, 2.45) is 5.92 Å². The first-order valence-electron chi connectivity index (χ1n) is 5.13. The van der Waals surface area contributed by atoms with E-state index in [4.69, 9.17) is 10.2 Å². The predicted octanol–water partition coefficient (Wildman–Crippen LogP) is -0.191. The molecule has 86 valence electrons. The van der Waals surface area contributed by atoms with Crippen LogP contribution in [0.5, 0.6) is 0 Å². The maximum Gasteiger partial charge on any atom is 0.250 e. The molecule has 2 N–H and O–H groups in total. The van der Waals surface area contributed by atoms with Gasteiger partial charge in [0, 0.05) is 0 Å². The molecule has 16 heavy (non-hydrogen) atoms. The Bertz CT molecular complexity index is 369. The number of benzene rings is 1. The topological polar surface area (TPSA) is 64.0 Å². The second-order valence-corrected chi connectivity index (χ2v) is 3.68. The summed E-state index contributed by atoms with van der Waals surface area (Å²) in [5.41, 5.74) is 0.834. The fourth-order valence-corrected chi connectivity index (χ4v) is 1.84. The molecule has 5 heteroatoms. The average Bonchev–Trinajstić information content (AvgIpc) is 2.66. The number of rotatable bonds is 3. The van der Waals surface area contributed by atoms with Crippen LogP contribution in [0.3, 0.4) is 0 Å². The van der Waals surface area contributed by atoms with Gasteiger partial charge in [0.25, 0.3) is 5.91 Å². The van der Waals surface area contributed by atoms with Crippen molar-refractivity contribution in [1.82, 2.24) is 5.01 Å². The largest absolute Gasteiger partial charge is 0.395 e. The summed E-state index contributed by atoms with van der Waals surface area (Å²) in [6.45, 7) is -0.164. The predicted molar refractivity (Wildman–Crippen MR) is 58.3 cm³/mol. The number of hydrogen-bond acceptors (Lipinski definition) is 4. The number of aliphatic hydroxyl groups is 2. The fourth-order valence-electron chi connectivity index (χ4n) is 1.84. The van der Waals surface area contributed by atoms with Gasteiger partial charge < -0.3 is 10.2 Å². The summed E-state index contributed by atoms with van der Waals surface area (Å²) in [5, 5.41) is 21.2. The van der Waals surface area contributed by atoms with E-state index in [1.165, 1.54) is 5.01 Å². The molecule has 1 fully saturated rings. The number of para-hydroxylation sites is 1. The van der Waals surface area contributed by atoms with Crippen LogP contribution < -0.4 is 5.01 Å². The smallest absolute Gasteiger partial charge is 0.250 e. The van der Waals surface area contributed by atoms with Crippen molar-refractivity contribution in [1.29, 1.82) is 0 Å². The van der Waals surface area contributed by atoms with E-state index in [0.29, 0.717) is 6.54 Å². The van der Waals surface area contributed by atoms with Crippen molar-refractivity contribution < 1.29 is 15.0 Å². The first-order valence-corrected chi connectivity index (χ1v) is 5.13. The molecule has 0 radical (unpaired) electrons. The van der Waals surface area contributed by atoms with Crippen molar-refractivity contribution in [2.45, 2.75) is 0 Å². The van der Waals surface area contributed by atoms with Gasteiger partial charge in [0.15, 0.2) is 0 Å². The molecular weight excluding hydrogens is 208 g/mol. The van der Waals surface area contributed by atoms with Crippen molar-refractivity contribution >= 4 is 11.6 Å². The summed E-state index contributed by atoms with van der Waals surface area (Å²) in [6, 6.07) is 9.32. The van der Waals surface area contributed by atoms with Gasteiger partial charge in [0.1, 0.15) is 6.73 Å². The number of hydrogen-bond donors (Lipinski definition) is 2. The number of anilines is 1. The van der Waals surface area contributed by atoms with Gasteiger partial charge in [-0.3, -0.25) is 9.80 Å². The molecule has 0 saturated carbocycles. The van der Waals surface area contributed by atoms with E-state index < -0.39 is 5.92 Å². The first kappa shape index (κ1) is 10.9. The quantitative estimate of drug-likeness (QED) is 0.744. The summed E-state index contributed by atoms with van der Waals surface area (Å²) < 4.78 is 0. The maximum absolute atomic E-state index is 11.7. The Kier molecular flexibility index (Phi) is 3.07. The molecule has 1 heterocycles. The van der Waals surface area contributed by atoms with Gasteiger partial charge >= 0.3 is 0 Å². The average molecular weight is 222 g/mol. The molecule has 1 aliphatic heterocycles. The van der Waals surface area contributed by atoms with Gasteiger partial charge in [-0.25, -0.2) is 5.01 Å². The Balaban J connectivity index is 2.25. The Morgan fingerprint density at radius 1 is 1.25 bits per heavy atom. The number of carbonyl (C=O) groups is 1. The van der Waals surface area contributed by atoms with Gasteiger partial charge in [0.2, 0.25) is 0 Å². The van der Waals surface area contributed by atoms with Gasteiger partial charge in [-0.1, -0.05) is 18.2 Å². The Labute approximate surface area is 93.5 Å². The summed E-state index contributed by atoms with van der Waals surface area (Å²) in [4.78, 5) is 11.7. The number of aliphatic hydroxyl groups excluding tert-OH is 2. The zero-order valence-corrected chi connectivity index (χ0v) is 8.78. The van der Waals surface area contributed by atoms with E-state index in [-0.39, 0.29) is 19.2 Å². The Hall–Kier alpha value is -1.59. The van der Waals surface area contributed by atoms with Gasteiger partial charge in [-0.2, -0.15) is 0 Å². The highest BCUT2D eigenvalue weighted by Gasteiger charge is 2.37. The van der Waals surface area contributed by atoms with E-state index in [1.54, 1.807) is 5.01 Å². The Morgan fingerprint density at radius 2 is 1.94 bits per heavy atom. The first-order chi connectivity index (χ1) is 7.77. The van der Waals surface area contributed by atoms with Crippen LogP contribution in [-0.4, -0.2) is 41.0 Å². The van der Waals surface area contributed by atoms with Crippen LogP contribution in [0.2, 0.25) is 0 Å². The van der Waals surface area contributed by atoms with Gasteiger partial charge in [0.05, 0.1) is 24.8 Å². The second kappa shape index (κ2) is 4.51. The van der Waals surface area contributed by atoms with Crippen LogP contribution in [0.1, 0.15) is 0 Å². The molecule has 0 bridgehead atoms. The lowest BCUT2D eigenvalue weighted by Crippen LogP contribution is -2.39. The number of amides is 1. The number of hydrazine groups is 1. The minimum absolute atomic E-state index is 0.196. The molecule has 1 aliphatic rings. The lowest BCUT2D eigenvalue weighted by atomic mass is 10.1. The van der Waals surface area contributed by atoms with Crippen LogP contribution in [-0.2, 0) is 4.79 Å². The fraction of sp³-hybridized carbons (Fsp3) is 0.364. The molecule has 5 nitrogen and oxygen atoms in total. The highest BCUT2D eigenvalue weighted by molar-refractivity contribution is 5.84. The standard InChI is InChI=1S/C11H14N2O3/c14-7-9-6-12(13(8-15)11(9)16)10-4-2-1-3-5-10/h1-5,9,14-15H,6-8H2. The lowest BCUT2D eigenvalue weighted by molar-refractivity contribution is -0.135. The van der Waals surface area contributed by atoms with Crippen LogP contribution in [0.15, 0.2) is 30.3 Å². The summed E-state index contributed by atoms with van der Waals surface area (Å²) >= 11 is 0. The van der Waals surface area contributed by atoms with E-state index in [2.05, 4.69) is 0 Å². The van der Waals surface area contributed by atoms with E-state index >= 15 is 0 Å². The molecule has 1 saturated heterocycles. The molecule has 1 aromatic rings. The molecule has 0 aliphatic carbocycles. The molecule has 0 aromatic heterocycles. The summed E-state index contributed by atoms with van der Waals surface area (Å²) in [6.07, 6.45) is 0. The molecule has 2 rings (SSSR count). The van der Waals surface area contributed by atoms with Crippen LogP contribution in [0.4, 0.5) is 5.69 Å². The molecule has 1 aromatic carbocycles. The molecule has 1 amide bonds. The van der Waals surface area contributed by atoms with Crippen molar-refractivity contribution in [3.63, 3.8) is 0 Å². The Morgan fingerprint density at radius 3 is 2.50 bits per heavy atom. The van der Waals surface area contributed by atoms with Gasteiger partial charge in [-0.15, -0.1) is 0 Å². The van der Waals surface area contributed by atoms with Crippen LogP contribution in [0, 0.1) is 5.92 Å². The van der Waals surface area contributed by atoms with E-state index in [1.807, 2.05) is 30.3 Å². The van der Waals surface area contributed by atoms with Crippen LogP contribution >= 0.6 is 0 Å². The van der Waals surface area contributed by atoms with Crippen LogP contribution in [0.25, 0.3) is 0 Å². The van der Waals surface area contributed by atoms with Crippen molar-refractivity contribution in [3.05, 3.63) is 30.3 Å². The highest BCUT2D eigenvalue weighted by atomic mass is 16.3. The summed E-state index contributed by atoms with van der Waals surface area (Å²) in [7, 11) is 0. The van der Waals surface area contributed by atoms with Crippen molar-refractivity contribution in [2.75, 3.05) is 24.9 Å². The van der Waals surface area contributed by atoms with E-state index in [9.17, 15) is 4.79 Å². The SMILES string of the molecule is O=C1C(CO)CN(c2ccccc2)N1CO. The maximum atomic E-state index is 11.7. The van der Waals surface area contributed by atoms with E-state index in [0.717, 1.165) is 5.69 Å². The third kappa shape index (κ3) is 1.75. The summed E-state index contributed by atoms with van der Waals surface area (Å²) in [5.74, 6) is -0.693. The zero-order valence-electron chi connectivity index (χ0n) is 8.78. The van der Waals surface area contributed by atoms with Crippen molar-refractivity contribution in [3.8, 4) is 0 Å². The molecule has 1 atom stereocenters. The number of carbonyl (C=O) groups excluding carboxylic acids is 1. The minimum atomic E-state index is -0.452. The van der Waals surface area contributed by atoms with Gasteiger partial charge in [-0.05, 0) is 12.1 Å². The lowest BCUT2D eigenvalue weighted by Gasteiger charge is -2.27. The zero-order chi connectivity index (χ0) is 11.5. The third-order valence-electron chi connectivity index (χ3n) is 2.70. The number of nitrogens with zero attached hydrogens (tertiary/aromatic N) is 2. The highest BCUT2D eigenvalue weighted by Crippen LogP contribution is 2.24. The second-order valence-electron chi connectivity index (χ2n) is 3.68. The molecule has 0 spiro atoms. The minimum Gasteiger partial charge on any atom is -0.395 e. The normalized spacial score (nSPS) is 20.6. The monoisotopic (exact) mass is 222 g/mol. The third-order valence-corrected chi connectivity index (χ3v) is 2.70.